The van der Waals surface area contributed by atoms with Crippen molar-refractivity contribution in [2.45, 2.75) is 32.2 Å². The SMILES string of the molecule is CCC1=CN(CCc2ccc(OC)c(OC)c2)C(c2ccccc2)CC1=O. The van der Waals surface area contributed by atoms with Gasteiger partial charge in [0.1, 0.15) is 0 Å². The molecule has 2 aromatic rings. The molecule has 0 aromatic heterocycles. The van der Waals surface area contributed by atoms with Crippen LogP contribution < -0.4 is 9.47 Å². The van der Waals surface area contributed by atoms with Gasteiger partial charge in [-0.2, -0.15) is 0 Å². The molecule has 0 fully saturated rings. The van der Waals surface area contributed by atoms with Gasteiger partial charge in [0.15, 0.2) is 17.3 Å². The van der Waals surface area contributed by atoms with Gasteiger partial charge in [0, 0.05) is 24.7 Å². The van der Waals surface area contributed by atoms with Gasteiger partial charge >= 0.3 is 0 Å². The molecule has 142 valence electrons. The summed E-state index contributed by atoms with van der Waals surface area (Å²) in [6, 6.07) is 16.4. The molecule has 2 aromatic carbocycles. The summed E-state index contributed by atoms with van der Waals surface area (Å²) in [7, 11) is 3.30. The number of carbonyl (C=O) groups excluding carboxylic acids is 1. The van der Waals surface area contributed by atoms with Crippen LogP contribution in [-0.4, -0.2) is 31.4 Å². The molecule has 0 N–H and O–H groups in total. The molecule has 1 aliphatic heterocycles. The van der Waals surface area contributed by atoms with E-state index in [2.05, 4.69) is 29.3 Å². The lowest BCUT2D eigenvalue weighted by Gasteiger charge is -2.35. The first-order valence-corrected chi connectivity index (χ1v) is 9.41. The molecule has 27 heavy (non-hydrogen) atoms. The summed E-state index contributed by atoms with van der Waals surface area (Å²) in [6.45, 7) is 2.88. The summed E-state index contributed by atoms with van der Waals surface area (Å²) in [6.07, 6.45) is 4.23. The van der Waals surface area contributed by atoms with E-state index < -0.39 is 0 Å². The maximum atomic E-state index is 12.5. The minimum absolute atomic E-state index is 0.0918. The first kappa shape index (κ1) is 19.0. The van der Waals surface area contributed by atoms with E-state index in [1.54, 1.807) is 14.2 Å². The molecule has 0 amide bonds. The molecule has 4 heteroatoms. The number of hydrogen-bond donors (Lipinski definition) is 0. The van der Waals surface area contributed by atoms with E-state index in [1.165, 1.54) is 11.1 Å². The Morgan fingerprint density at radius 2 is 1.78 bits per heavy atom. The van der Waals surface area contributed by atoms with Crippen molar-refractivity contribution in [1.82, 2.24) is 4.90 Å². The molecule has 0 saturated heterocycles. The molecule has 4 nitrogen and oxygen atoms in total. The Kier molecular flexibility index (Phi) is 6.17. The molecule has 1 unspecified atom stereocenters. The van der Waals surface area contributed by atoms with E-state index in [0.717, 1.165) is 36.5 Å². The molecule has 0 radical (unpaired) electrons. The minimum Gasteiger partial charge on any atom is -0.493 e. The molecule has 1 heterocycles. The van der Waals surface area contributed by atoms with Gasteiger partial charge in [0.2, 0.25) is 0 Å². The van der Waals surface area contributed by atoms with Crippen LogP contribution in [0.1, 0.15) is 36.9 Å². The van der Waals surface area contributed by atoms with Crippen molar-refractivity contribution >= 4 is 5.78 Å². The summed E-state index contributed by atoms with van der Waals surface area (Å²) >= 11 is 0. The fraction of sp³-hybridized carbons (Fsp3) is 0.348. The molecule has 0 bridgehead atoms. The van der Waals surface area contributed by atoms with Crippen LogP contribution in [0, 0.1) is 0 Å². The van der Waals surface area contributed by atoms with Crippen molar-refractivity contribution in [2.24, 2.45) is 0 Å². The lowest BCUT2D eigenvalue weighted by atomic mass is 9.92. The maximum Gasteiger partial charge on any atom is 0.162 e. The number of carbonyl (C=O) groups is 1. The topological polar surface area (TPSA) is 38.8 Å². The summed E-state index contributed by atoms with van der Waals surface area (Å²) in [5.41, 5.74) is 3.28. The Balaban J connectivity index is 1.81. The third kappa shape index (κ3) is 4.33. The van der Waals surface area contributed by atoms with Crippen LogP contribution in [-0.2, 0) is 11.2 Å². The van der Waals surface area contributed by atoms with Crippen LogP contribution in [0.2, 0.25) is 0 Å². The average Bonchev–Trinajstić information content (AvgIpc) is 2.72. The molecule has 1 aliphatic rings. The van der Waals surface area contributed by atoms with Crippen molar-refractivity contribution in [2.75, 3.05) is 20.8 Å². The minimum atomic E-state index is 0.0918. The van der Waals surface area contributed by atoms with Gasteiger partial charge in [0.05, 0.1) is 20.3 Å². The monoisotopic (exact) mass is 365 g/mol. The number of ether oxygens (including phenoxy) is 2. The fourth-order valence-electron chi connectivity index (χ4n) is 3.57. The Morgan fingerprint density at radius 1 is 1.04 bits per heavy atom. The van der Waals surface area contributed by atoms with Crippen LogP contribution >= 0.6 is 0 Å². The van der Waals surface area contributed by atoms with Gasteiger partial charge in [-0.05, 0) is 36.1 Å². The lowest BCUT2D eigenvalue weighted by Crippen LogP contribution is -2.33. The molecule has 0 spiro atoms. The summed E-state index contributed by atoms with van der Waals surface area (Å²) in [5, 5.41) is 0. The third-order valence-electron chi connectivity index (χ3n) is 5.13. The Labute approximate surface area is 161 Å². The normalized spacial score (nSPS) is 16.9. The predicted molar refractivity (Wildman–Crippen MR) is 107 cm³/mol. The molecular formula is C23H27NO3. The second-order valence-electron chi connectivity index (χ2n) is 6.74. The number of methoxy groups -OCH3 is 2. The number of hydrogen-bond acceptors (Lipinski definition) is 4. The highest BCUT2D eigenvalue weighted by Gasteiger charge is 2.27. The number of nitrogens with zero attached hydrogens (tertiary/aromatic N) is 1. The maximum absolute atomic E-state index is 12.5. The van der Waals surface area contributed by atoms with Crippen LogP contribution in [0.5, 0.6) is 11.5 Å². The summed E-state index contributed by atoms with van der Waals surface area (Å²) in [4.78, 5) is 14.8. The highest BCUT2D eigenvalue weighted by atomic mass is 16.5. The Bertz CT molecular complexity index is 814. The number of ketones is 1. The lowest BCUT2D eigenvalue weighted by molar-refractivity contribution is -0.117. The van der Waals surface area contributed by atoms with E-state index in [4.69, 9.17) is 9.47 Å². The highest BCUT2D eigenvalue weighted by Crippen LogP contribution is 2.32. The van der Waals surface area contributed by atoms with Crippen molar-refractivity contribution in [1.29, 1.82) is 0 Å². The largest absolute Gasteiger partial charge is 0.493 e. The molecule has 0 saturated carbocycles. The first-order valence-electron chi connectivity index (χ1n) is 9.41. The Morgan fingerprint density at radius 3 is 2.44 bits per heavy atom. The number of allylic oxidation sites excluding steroid dienone is 1. The van der Waals surface area contributed by atoms with Crippen molar-refractivity contribution < 1.29 is 14.3 Å². The standard InChI is InChI=1S/C23H27NO3/c1-4-18-16-24(20(15-21(18)25)19-8-6-5-7-9-19)13-12-17-10-11-22(26-2)23(14-17)27-3/h5-11,14,16,20H,4,12-13,15H2,1-3H3. The van der Waals surface area contributed by atoms with Crippen molar-refractivity contribution in [3.05, 3.63) is 71.4 Å². The van der Waals surface area contributed by atoms with Crippen LogP contribution in [0.3, 0.4) is 0 Å². The van der Waals surface area contributed by atoms with Gasteiger partial charge in [-0.3, -0.25) is 4.79 Å². The number of Topliss-reactive ketones (excluding diaryl/α,β-unsaturated/α-hetero) is 1. The van der Waals surface area contributed by atoms with Gasteiger partial charge in [-0.25, -0.2) is 0 Å². The first-order chi connectivity index (χ1) is 13.2. The van der Waals surface area contributed by atoms with E-state index >= 15 is 0 Å². The molecule has 0 aliphatic carbocycles. The molecule has 3 rings (SSSR count). The quantitative estimate of drug-likeness (QED) is 0.721. The second-order valence-corrected chi connectivity index (χ2v) is 6.74. The number of rotatable bonds is 7. The smallest absolute Gasteiger partial charge is 0.162 e. The average molecular weight is 365 g/mol. The van der Waals surface area contributed by atoms with Crippen LogP contribution in [0.15, 0.2) is 60.3 Å². The third-order valence-corrected chi connectivity index (χ3v) is 5.13. The second kappa shape index (κ2) is 8.76. The number of benzene rings is 2. The van der Waals surface area contributed by atoms with Crippen molar-refractivity contribution in [3.63, 3.8) is 0 Å². The zero-order chi connectivity index (χ0) is 19.2. The molecule has 1 atom stereocenters. The highest BCUT2D eigenvalue weighted by molar-refractivity contribution is 5.96. The van der Waals surface area contributed by atoms with Gasteiger partial charge in [-0.1, -0.05) is 43.3 Å². The van der Waals surface area contributed by atoms with Gasteiger partial charge in [-0.15, -0.1) is 0 Å². The summed E-state index contributed by atoms with van der Waals surface area (Å²) in [5.74, 6) is 1.74. The van der Waals surface area contributed by atoms with E-state index in [9.17, 15) is 4.79 Å². The van der Waals surface area contributed by atoms with Crippen LogP contribution in [0.4, 0.5) is 0 Å². The van der Waals surface area contributed by atoms with E-state index in [0.29, 0.717) is 6.42 Å². The predicted octanol–water partition coefficient (Wildman–Crippen LogP) is 4.56. The van der Waals surface area contributed by atoms with Crippen LogP contribution in [0.25, 0.3) is 0 Å². The molecular weight excluding hydrogens is 338 g/mol. The zero-order valence-corrected chi connectivity index (χ0v) is 16.3. The van der Waals surface area contributed by atoms with Gasteiger partial charge in [0.25, 0.3) is 0 Å². The van der Waals surface area contributed by atoms with E-state index in [-0.39, 0.29) is 11.8 Å². The van der Waals surface area contributed by atoms with Gasteiger partial charge < -0.3 is 14.4 Å². The Hall–Kier alpha value is -2.75. The zero-order valence-electron chi connectivity index (χ0n) is 16.3. The van der Waals surface area contributed by atoms with Crippen molar-refractivity contribution in [3.8, 4) is 11.5 Å². The fourth-order valence-corrected chi connectivity index (χ4v) is 3.57. The van der Waals surface area contributed by atoms with E-state index in [1.807, 2.05) is 37.3 Å². The summed E-state index contributed by atoms with van der Waals surface area (Å²) < 4.78 is 10.7.